The summed E-state index contributed by atoms with van der Waals surface area (Å²) in [5.41, 5.74) is 0.690. The number of amides is 1. The largest absolute Gasteiger partial charge is 0.492 e. The number of thioether (sulfide) groups is 1. The number of carbonyl (C=O) groups is 1. The van der Waals surface area contributed by atoms with Gasteiger partial charge in [0.2, 0.25) is 5.91 Å². The molecule has 25 heavy (non-hydrogen) atoms. The first-order valence-electron chi connectivity index (χ1n) is 8.47. The lowest BCUT2D eigenvalue weighted by Gasteiger charge is -2.16. The Morgan fingerprint density at radius 3 is 2.88 bits per heavy atom. The number of nitrogens with zero attached hydrogens (tertiary/aromatic N) is 3. The molecule has 1 aromatic heterocycles. The minimum Gasteiger partial charge on any atom is -0.492 e. The first-order valence-corrected chi connectivity index (χ1v) is 9.46. The molecule has 0 bridgehead atoms. The van der Waals surface area contributed by atoms with Crippen LogP contribution in [0.2, 0.25) is 0 Å². The fourth-order valence-electron chi connectivity index (χ4n) is 2.71. The molecule has 0 unspecified atom stereocenters. The van der Waals surface area contributed by atoms with Crippen LogP contribution in [0, 0.1) is 0 Å². The Balaban J connectivity index is 1.56. The van der Waals surface area contributed by atoms with Crippen molar-refractivity contribution >= 4 is 29.2 Å². The number of hydrogen-bond acceptors (Lipinski definition) is 6. The molecule has 132 valence electrons. The van der Waals surface area contributed by atoms with E-state index in [1.54, 1.807) is 6.33 Å². The summed E-state index contributed by atoms with van der Waals surface area (Å²) in [6.07, 6.45) is 3.97. The monoisotopic (exact) mass is 358 g/mol. The van der Waals surface area contributed by atoms with Gasteiger partial charge in [0.1, 0.15) is 22.9 Å². The van der Waals surface area contributed by atoms with Gasteiger partial charge < -0.3 is 15.0 Å². The molecule has 0 radical (unpaired) electrons. The maximum Gasteiger partial charge on any atom is 0.234 e. The van der Waals surface area contributed by atoms with Crippen molar-refractivity contribution < 1.29 is 9.53 Å². The average molecular weight is 358 g/mol. The Bertz CT molecular complexity index is 720. The number of hydrogen-bond donors (Lipinski definition) is 1. The van der Waals surface area contributed by atoms with E-state index in [-0.39, 0.29) is 11.7 Å². The molecule has 0 aliphatic carbocycles. The maximum absolute atomic E-state index is 12.2. The van der Waals surface area contributed by atoms with Gasteiger partial charge in [-0.1, -0.05) is 23.9 Å². The lowest BCUT2D eigenvalue weighted by atomic mass is 10.3. The molecule has 1 amide bonds. The molecule has 2 aromatic rings. The van der Waals surface area contributed by atoms with E-state index >= 15 is 0 Å². The van der Waals surface area contributed by atoms with E-state index < -0.39 is 0 Å². The predicted molar refractivity (Wildman–Crippen MR) is 100 cm³/mol. The van der Waals surface area contributed by atoms with Crippen LogP contribution in [0.5, 0.6) is 5.75 Å². The predicted octanol–water partition coefficient (Wildman–Crippen LogP) is 3.21. The zero-order valence-corrected chi connectivity index (χ0v) is 15.1. The highest BCUT2D eigenvalue weighted by Crippen LogP contribution is 2.25. The molecule has 1 aliphatic heterocycles. The van der Waals surface area contributed by atoms with E-state index in [2.05, 4.69) is 20.2 Å². The van der Waals surface area contributed by atoms with Crippen molar-refractivity contribution in [1.82, 2.24) is 9.97 Å². The molecule has 1 saturated heterocycles. The number of carbonyl (C=O) groups excluding carboxylic acids is 1. The van der Waals surface area contributed by atoms with Gasteiger partial charge in [-0.05, 0) is 31.9 Å². The lowest BCUT2D eigenvalue weighted by Crippen LogP contribution is -2.19. The van der Waals surface area contributed by atoms with Crippen molar-refractivity contribution in [3.63, 3.8) is 0 Å². The minimum atomic E-state index is -0.0847. The molecule has 0 atom stereocenters. The minimum absolute atomic E-state index is 0.0847. The molecule has 6 nitrogen and oxygen atoms in total. The highest BCUT2D eigenvalue weighted by atomic mass is 32.2. The van der Waals surface area contributed by atoms with Crippen molar-refractivity contribution in [3.8, 4) is 5.75 Å². The summed E-state index contributed by atoms with van der Waals surface area (Å²) in [4.78, 5) is 23.1. The van der Waals surface area contributed by atoms with Gasteiger partial charge in [0.15, 0.2) is 0 Å². The van der Waals surface area contributed by atoms with E-state index in [1.165, 1.54) is 24.6 Å². The zero-order chi connectivity index (χ0) is 17.5. The standard InChI is InChI=1S/C18H22N4O2S/c1-2-24-15-8-4-3-7-14(15)21-17(23)12-25-18-11-16(19-13-20-18)22-9-5-6-10-22/h3-4,7-8,11,13H,2,5-6,9-10,12H2,1H3,(H,21,23). The fraction of sp³-hybridized carbons (Fsp3) is 0.389. The fourth-order valence-corrected chi connectivity index (χ4v) is 3.37. The normalized spacial score (nSPS) is 13.7. The lowest BCUT2D eigenvalue weighted by molar-refractivity contribution is -0.113. The van der Waals surface area contributed by atoms with Gasteiger partial charge in [-0.15, -0.1) is 0 Å². The molecular weight excluding hydrogens is 336 g/mol. The second-order valence-corrected chi connectivity index (χ2v) is 6.67. The maximum atomic E-state index is 12.2. The number of rotatable bonds is 7. The molecule has 3 rings (SSSR count). The smallest absolute Gasteiger partial charge is 0.234 e. The molecule has 1 aromatic carbocycles. The van der Waals surface area contributed by atoms with Crippen LogP contribution in [0.4, 0.5) is 11.5 Å². The third kappa shape index (κ3) is 4.85. The number of anilines is 2. The van der Waals surface area contributed by atoms with Gasteiger partial charge in [-0.3, -0.25) is 4.79 Å². The van der Waals surface area contributed by atoms with Gasteiger partial charge in [0, 0.05) is 19.2 Å². The van der Waals surface area contributed by atoms with Crippen LogP contribution in [0.25, 0.3) is 0 Å². The van der Waals surface area contributed by atoms with Crippen LogP contribution in [0.3, 0.4) is 0 Å². The molecule has 1 N–H and O–H groups in total. The summed E-state index contributed by atoms with van der Waals surface area (Å²) in [5, 5.41) is 3.71. The molecule has 0 spiro atoms. The van der Waals surface area contributed by atoms with Gasteiger partial charge in [0.25, 0.3) is 0 Å². The van der Waals surface area contributed by atoms with Crippen LogP contribution in [-0.4, -0.2) is 41.3 Å². The third-order valence-corrected chi connectivity index (χ3v) is 4.80. The van der Waals surface area contributed by atoms with Crippen molar-refractivity contribution in [2.24, 2.45) is 0 Å². The van der Waals surface area contributed by atoms with Crippen molar-refractivity contribution in [2.75, 3.05) is 35.7 Å². The number of ether oxygens (including phenoxy) is 1. The van der Waals surface area contributed by atoms with Crippen LogP contribution in [0.15, 0.2) is 41.7 Å². The molecule has 7 heteroatoms. The van der Waals surface area contributed by atoms with E-state index in [0.717, 1.165) is 23.9 Å². The van der Waals surface area contributed by atoms with Crippen molar-refractivity contribution in [2.45, 2.75) is 24.8 Å². The highest BCUT2D eigenvalue weighted by molar-refractivity contribution is 7.99. The SMILES string of the molecule is CCOc1ccccc1NC(=O)CSc1cc(N2CCCC2)ncn1. The van der Waals surface area contributed by atoms with E-state index in [4.69, 9.17) is 4.74 Å². The van der Waals surface area contributed by atoms with Crippen LogP contribution in [0.1, 0.15) is 19.8 Å². The zero-order valence-electron chi connectivity index (χ0n) is 14.3. The first-order chi connectivity index (χ1) is 12.3. The first kappa shape index (κ1) is 17.5. The molecule has 2 heterocycles. The van der Waals surface area contributed by atoms with E-state index in [1.807, 2.05) is 37.3 Å². The van der Waals surface area contributed by atoms with Crippen molar-refractivity contribution in [1.29, 1.82) is 0 Å². The Hall–Kier alpha value is -2.28. The Morgan fingerprint density at radius 2 is 2.08 bits per heavy atom. The summed E-state index contributed by atoms with van der Waals surface area (Å²) in [6, 6.07) is 9.40. The summed E-state index contributed by atoms with van der Waals surface area (Å²) in [6.45, 7) is 4.55. The number of aromatic nitrogens is 2. The molecule has 1 fully saturated rings. The quantitative estimate of drug-likeness (QED) is 0.605. The van der Waals surface area contributed by atoms with E-state index in [0.29, 0.717) is 18.0 Å². The molecule has 1 aliphatic rings. The number of benzene rings is 1. The van der Waals surface area contributed by atoms with Gasteiger partial charge in [-0.2, -0.15) is 0 Å². The average Bonchev–Trinajstić information content (AvgIpc) is 3.17. The summed E-state index contributed by atoms with van der Waals surface area (Å²) in [7, 11) is 0. The molecule has 0 saturated carbocycles. The summed E-state index contributed by atoms with van der Waals surface area (Å²) in [5.74, 6) is 1.83. The third-order valence-electron chi connectivity index (χ3n) is 3.87. The van der Waals surface area contributed by atoms with Crippen LogP contribution >= 0.6 is 11.8 Å². The highest BCUT2D eigenvalue weighted by Gasteiger charge is 2.15. The Labute approximate surface area is 152 Å². The summed E-state index contributed by atoms with van der Waals surface area (Å²) >= 11 is 1.41. The topological polar surface area (TPSA) is 67.3 Å². The Morgan fingerprint density at radius 1 is 1.28 bits per heavy atom. The second-order valence-electron chi connectivity index (χ2n) is 5.67. The van der Waals surface area contributed by atoms with E-state index in [9.17, 15) is 4.79 Å². The number of para-hydroxylation sites is 2. The van der Waals surface area contributed by atoms with Crippen molar-refractivity contribution in [3.05, 3.63) is 36.7 Å². The van der Waals surface area contributed by atoms with Gasteiger partial charge in [-0.25, -0.2) is 9.97 Å². The number of nitrogens with one attached hydrogen (secondary N) is 1. The molecular formula is C18H22N4O2S. The van der Waals surface area contributed by atoms with Gasteiger partial charge >= 0.3 is 0 Å². The summed E-state index contributed by atoms with van der Waals surface area (Å²) < 4.78 is 5.53. The second kappa shape index (κ2) is 8.71. The van der Waals surface area contributed by atoms with Crippen LogP contribution in [-0.2, 0) is 4.79 Å². The Kier molecular flexibility index (Phi) is 6.11. The van der Waals surface area contributed by atoms with Gasteiger partial charge in [0.05, 0.1) is 18.0 Å². The van der Waals surface area contributed by atoms with Crippen LogP contribution < -0.4 is 15.0 Å².